The largest absolute Gasteiger partial charge is 0.495 e. The Balaban J connectivity index is 1.82. The van der Waals surface area contributed by atoms with Crippen molar-refractivity contribution in [3.05, 3.63) is 53.6 Å². The van der Waals surface area contributed by atoms with E-state index in [1.54, 1.807) is 12.1 Å². The molecule has 31 heavy (non-hydrogen) atoms. The summed E-state index contributed by atoms with van der Waals surface area (Å²) in [6, 6.07) is 7.93. The Kier molecular flexibility index (Phi) is 6.96. The molecule has 0 aromatic heterocycles. The van der Waals surface area contributed by atoms with Crippen molar-refractivity contribution >= 4 is 21.6 Å². The van der Waals surface area contributed by atoms with Crippen LogP contribution in [0.2, 0.25) is 0 Å². The molecule has 0 unspecified atom stereocenters. The van der Waals surface area contributed by atoms with Crippen molar-refractivity contribution in [1.29, 1.82) is 0 Å². The number of carbonyl (C=O) groups excluding carboxylic acids is 1. The number of amides is 1. The highest BCUT2D eigenvalue weighted by molar-refractivity contribution is 7.89. The van der Waals surface area contributed by atoms with Crippen LogP contribution in [-0.2, 0) is 14.8 Å². The van der Waals surface area contributed by atoms with Crippen molar-refractivity contribution in [2.24, 2.45) is 5.92 Å². The van der Waals surface area contributed by atoms with Crippen molar-refractivity contribution < 1.29 is 26.7 Å². The van der Waals surface area contributed by atoms with Crippen LogP contribution in [0.3, 0.4) is 0 Å². The number of nitrogens with one attached hydrogen (secondary N) is 1. The first-order valence-corrected chi connectivity index (χ1v) is 11.5. The van der Waals surface area contributed by atoms with Gasteiger partial charge < -0.3 is 10.1 Å². The molecule has 1 heterocycles. The minimum Gasteiger partial charge on any atom is -0.495 e. The van der Waals surface area contributed by atoms with E-state index in [-0.39, 0.29) is 35.3 Å². The molecule has 0 radical (unpaired) electrons. The van der Waals surface area contributed by atoms with E-state index >= 15 is 0 Å². The average Bonchev–Trinajstić information content (AvgIpc) is 2.75. The van der Waals surface area contributed by atoms with E-state index in [0.29, 0.717) is 18.9 Å². The standard InChI is InChI=1S/C22H26F2N2O4S/c1-14(2)15-6-9-20(30-3)21(11-15)31(28,29)26-10-4-5-16(13-26)22(27)25-19-8-7-17(23)12-18(19)24/h6-9,11-12,14,16H,4-5,10,13H2,1-3H3,(H,25,27)/t16-/m0/s1. The number of hydrogen-bond donors (Lipinski definition) is 1. The number of rotatable bonds is 6. The van der Waals surface area contributed by atoms with Gasteiger partial charge in [0.1, 0.15) is 22.3 Å². The highest BCUT2D eigenvalue weighted by atomic mass is 32.2. The highest BCUT2D eigenvalue weighted by Crippen LogP contribution is 2.32. The molecule has 1 atom stereocenters. The van der Waals surface area contributed by atoms with E-state index in [1.165, 1.54) is 11.4 Å². The highest BCUT2D eigenvalue weighted by Gasteiger charge is 2.35. The van der Waals surface area contributed by atoms with Gasteiger partial charge in [-0.15, -0.1) is 0 Å². The summed E-state index contributed by atoms with van der Waals surface area (Å²) in [5.74, 6) is -2.43. The van der Waals surface area contributed by atoms with Crippen molar-refractivity contribution in [1.82, 2.24) is 4.31 Å². The molecule has 1 aliphatic rings. The molecule has 1 N–H and O–H groups in total. The number of methoxy groups -OCH3 is 1. The summed E-state index contributed by atoms with van der Waals surface area (Å²) >= 11 is 0. The minimum atomic E-state index is -3.91. The zero-order chi connectivity index (χ0) is 22.8. The Bertz CT molecular complexity index is 1070. The summed E-state index contributed by atoms with van der Waals surface area (Å²) in [4.78, 5) is 12.7. The molecule has 1 fully saturated rings. The van der Waals surface area contributed by atoms with Crippen LogP contribution >= 0.6 is 0 Å². The molecule has 0 bridgehead atoms. The van der Waals surface area contributed by atoms with Crippen LogP contribution in [0.25, 0.3) is 0 Å². The van der Waals surface area contributed by atoms with Crippen LogP contribution in [0.15, 0.2) is 41.3 Å². The van der Waals surface area contributed by atoms with Gasteiger partial charge in [-0.05, 0) is 48.6 Å². The molecular weight excluding hydrogens is 426 g/mol. The van der Waals surface area contributed by atoms with Crippen molar-refractivity contribution in [3.63, 3.8) is 0 Å². The van der Waals surface area contributed by atoms with Gasteiger partial charge >= 0.3 is 0 Å². The molecule has 1 amide bonds. The fourth-order valence-electron chi connectivity index (χ4n) is 3.59. The number of nitrogens with zero attached hydrogens (tertiary/aromatic N) is 1. The van der Waals surface area contributed by atoms with Crippen LogP contribution in [-0.4, -0.2) is 38.8 Å². The summed E-state index contributed by atoms with van der Waals surface area (Å²) in [6.07, 6.45) is 0.944. The smallest absolute Gasteiger partial charge is 0.246 e. The van der Waals surface area contributed by atoms with E-state index in [2.05, 4.69) is 5.32 Å². The topological polar surface area (TPSA) is 75.7 Å². The summed E-state index contributed by atoms with van der Waals surface area (Å²) in [7, 11) is -2.50. The monoisotopic (exact) mass is 452 g/mol. The molecule has 1 saturated heterocycles. The Morgan fingerprint density at radius 2 is 1.94 bits per heavy atom. The number of hydrogen-bond acceptors (Lipinski definition) is 4. The van der Waals surface area contributed by atoms with Crippen LogP contribution in [0.4, 0.5) is 14.5 Å². The van der Waals surface area contributed by atoms with Crippen molar-refractivity contribution in [2.75, 3.05) is 25.5 Å². The van der Waals surface area contributed by atoms with Crippen LogP contribution in [0.5, 0.6) is 5.75 Å². The van der Waals surface area contributed by atoms with Gasteiger partial charge in [0.05, 0.1) is 18.7 Å². The normalized spacial score (nSPS) is 17.5. The van der Waals surface area contributed by atoms with Gasteiger partial charge in [0, 0.05) is 19.2 Å². The van der Waals surface area contributed by atoms with E-state index in [9.17, 15) is 22.0 Å². The molecule has 6 nitrogen and oxygen atoms in total. The summed E-state index contributed by atoms with van der Waals surface area (Å²) in [5.41, 5.74) is 0.718. The number of ether oxygens (including phenoxy) is 1. The fourth-order valence-corrected chi connectivity index (χ4v) is 5.31. The van der Waals surface area contributed by atoms with Crippen LogP contribution in [0.1, 0.15) is 38.2 Å². The van der Waals surface area contributed by atoms with Crippen molar-refractivity contribution in [3.8, 4) is 5.75 Å². The number of halogens is 2. The molecule has 3 rings (SSSR count). The number of piperidine rings is 1. The lowest BCUT2D eigenvalue weighted by Gasteiger charge is -2.31. The van der Waals surface area contributed by atoms with Crippen LogP contribution < -0.4 is 10.1 Å². The van der Waals surface area contributed by atoms with Gasteiger partial charge in [-0.1, -0.05) is 19.9 Å². The van der Waals surface area contributed by atoms with Gasteiger partial charge in [-0.25, -0.2) is 17.2 Å². The maximum atomic E-state index is 13.9. The molecule has 0 spiro atoms. The molecule has 9 heteroatoms. The fraction of sp³-hybridized carbons (Fsp3) is 0.409. The Hall–Kier alpha value is -2.52. The Morgan fingerprint density at radius 3 is 2.58 bits per heavy atom. The number of sulfonamides is 1. The van der Waals surface area contributed by atoms with Gasteiger partial charge in [0.15, 0.2) is 0 Å². The third kappa shape index (κ3) is 5.04. The third-order valence-electron chi connectivity index (χ3n) is 5.42. The summed E-state index contributed by atoms with van der Waals surface area (Å²) < 4.78 is 60.3. The molecule has 1 aliphatic heterocycles. The SMILES string of the molecule is COc1ccc(C(C)C)cc1S(=O)(=O)N1CCC[C@H](C(=O)Nc2ccc(F)cc2F)C1. The van der Waals surface area contributed by atoms with Gasteiger partial charge in [0.25, 0.3) is 0 Å². The van der Waals surface area contributed by atoms with E-state index in [0.717, 1.165) is 17.7 Å². The van der Waals surface area contributed by atoms with E-state index in [4.69, 9.17) is 4.74 Å². The zero-order valence-corrected chi connectivity index (χ0v) is 18.5. The zero-order valence-electron chi connectivity index (χ0n) is 17.7. The molecule has 0 saturated carbocycles. The predicted molar refractivity (Wildman–Crippen MR) is 114 cm³/mol. The average molecular weight is 453 g/mol. The van der Waals surface area contributed by atoms with Crippen molar-refractivity contribution in [2.45, 2.75) is 37.5 Å². The number of benzene rings is 2. The maximum absolute atomic E-state index is 13.9. The Labute approximate surface area is 181 Å². The van der Waals surface area contributed by atoms with E-state index < -0.39 is 33.5 Å². The second kappa shape index (κ2) is 9.32. The lowest BCUT2D eigenvalue weighted by Crippen LogP contribution is -2.43. The first-order valence-electron chi connectivity index (χ1n) is 10.1. The maximum Gasteiger partial charge on any atom is 0.246 e. The molecule has 0 aliphatic carbocycles. The second-order valence-corrected chi connectivity index (χ2v) is 9.79. The number of anilines is 1. The summed E-state index contributed by atoms with van der Waals surface area (Å²) in [6.45, 7) is 4.17. The second-order valence-electron chi connectivity index (χ2n) is 7.88. The number of carbonyl (C=O) groups is 1. The first kappa shape index (κ1) is 23.1. The van der Waals surface area contributed by atoms with Gasteiger partial charge in [-0.2, -0.15) is 4.31 Å². The predicted octanol–water partition coefficient (Wildman–Crippen LogP) is 4.14. The Morgan fingerprint density at radius 1 is 1.19 bits per heavy atom. The molecule has 2 aromatic carbocycles. The van der Waals surface area contributed by atoms with Gasteiger partial charge in [0.2, 0.25) is 15.9 Å². The van der Waals surface area contributed by atoms with Crippen LogP contribution in [0, 0.1) is 17.6 Å². The first-order chi connectivity index (χ1) is 14.6. The molecule has 2 aromatic rings. The van der Waals surface area contributed by atoms with Gasteiger partial charge in [-0.3, -0.25) is 4.79 Å². The third-order valence-corrected chi connectivity index (χ3v) is 7.30. The molecule has 168 valence electrons. The minimum absolute atomic E-state index is 0.0357. The lowest BCUT2D eigenvalue weighted by molar-refractivity contribution is -0.120. The quantitative estimate of drug-likeness (QED) is 0.715. The van der Waals surface area contributed by atoms with E-state index in [1.807, 2.05) is 19.9 Å². The lowest BCUT2D eigenvalue weighted by atomic mass is 9.98. The molecular formula is C22H26F2N2O4S. The summed E-state index contributed by atoms with van der Waals surface area (Å²) in [5, 5.41) is 2.44.